The molecule has 0 aliphatic heterocycles. The minimum atomic E-state index is -0.281. The molecule has 1 heterocycles. The van der Waals surface area contributed by atoms with Gasteiger partial charge in [-0.15, -0.1) is 0 Å². The molecule has 0 aliphatic carbocycles. The summed E-state index contributed by atoms with van der Waals surface area (Å²) in [5.41, 5.74) is 0.913. The van der Waals surface area contributed by atoms with Gasteiger partial charge in [0.05, 0.1) is 17.9 Å². The molecule has 120 valence electrons. The van der Waals surface area contributed by atoms with Gasteiger partial charge < -0.3 is 10.2 Å². The Bertz CT molecular complexity index is 378. The molecule has 0 radical (unpaired) electrons. The van der Waals surface area contributed by atoms with Crippen molar-refractivity contribution in [2.24, 2.45) is 0 Å². The van der Waals surface area contributed by atoms with Gasteiger partial charge in [-0.3, -0.25) is 4.98 Å². The number of unbranched alkanes of at least 4 members (excludes halogenated alkanes) is 2. The summed E-state index contributed by atoms with van der Waals surface area (Å²) in [7, 11) is 1.94. The van der Waals surface area contributed by atoms with Crippen molar-refractivity contribution in [3.8, 4) is 0 Å². The number of halogens is 1. The number of hydrogen-bond acceptors (Lipinski definition) is 3. The van der Waals surface area contributed by atoms with Crippen molar-refractivity contribution in [2.45, 2.75) is 58.5 Å². The zero-order valence-electron chi connectivity index (χ0n) is 13.9. The van der Waals surface area contributed by atoms with Crippen LogP contribution in [0.4, 0.5) is 4.39 Å². The van der Waals surface area contributed by atoms with E-state index in [-0.39, 0.29) is 11.9 Å². The van der Waals surface area contributed by atoms with Gasteiger partial charge in [-0.05, 0) is 52.4 Å². The van der Waals surface area contributed by atoms with Crippen molar-refractivity contribution in [1.29, 1.82) is 0 Å². The van der Waals surface area contributed by atoms with Gasteiger partial charge in [-0.1, -0.05) is 19.8 Å². The lowest BCUT2D eigenvalue weighted by atomic mass is 10.1. The first-order valence-electron chi connectivity index (χ1n) is 8.11. The fraction of sp³-hybridized carbons (Fsp3) is 0.706. The molecule has 0 bridgehead atoms. The van der Waals surface area contributed by atoms with Crippen LogP contribution in [0.25, 0.3) is 0 Å². The van der Waals surface area contributed by atoms with E-state index in [1.54, 1.807) is 6.07 Å². The average Bonchev–Trinajstić information content (AvgIpc) is 2.47. The topological polar surface area (TPSA) is 28.2 Å². The molecule has 4 heteroatoms. The van der Waals surface area contributed by atoms with Crippen molar-refractivity contribution >= 4 is 0 Å². The lowest BCUT2D eigenvalue weighted by Gasteiger charge is -2.28. The summed E-state index contributed by atoms with van der Waals surface area (Å²) in [5.74, 6) is -0.281. The second-order valence-corrected chi connectivity index (χ2v) is 5.87. The number of pyridine rings is 1. The molecule has 0 aliphatic rings. The summed E-state index contributed by atoms with van der Waals surface area (Å²) in [4.78, 5) is 6.71. The highest BCUT2D eigenvalue weighted by atomic mass is 19.1. The Balaban J connectivity index is 2.53. The Morgan fingerprint density at radius 1 is 1.24 bits per heavy atom. The molecule has 1 atom stereocenters. The Labute approximate surface area is 129 Å². The van der Waals surface area contributed by atoms with Crippen LogP contribution in [0.3, 0.4) is 0 Å². The van der Waals surface area contributed by atoms with E-state index >= 15 is 0 Å². The summed E-state index contributed by atoms with van der Waals surface area (Å²) in [6.07, 6.45) is 6.08. The summed E-state index contributed by atoms with van der Waals surface area (Å²) in [6, 6.07) is 3.99. The Hall–Kier alpha value is -1.00. The maximum absolute atomic E-state index is 13.0. The molecule has 0 saturated heterocycles. The van der Waals surface area contributed by atoms with E-state index in [1.165, 1.54) is 31.5 Å². The fourth-order valence-electron chi connectivity index (χ4n) is 2.52. The molecular weight excluding hydrogens is 265 g/mol. The minimum absolute atomic E-state index is 0.179. The Kier molecular flexibility index (Phi) is 8.47. The number of rotatable bonds is 10. The van der Waals surface area contributed by atoms with E-state index in [0.29, 0.717) is 6.04 Å². The van der Waals surface area contributed by atoms with Gasteiger partial charge in [0.15, 0.2) is 0 Å². The van der Waals surface area contributed by atoms with Crippen molar-refractivity contribution in [3.05, 3.63) is 29.8 Å². The standard InChI is InChI=1S/C17H30FN3/c1-5-6-7-11-21(14(2)3)12-10-16(19-4)17-9-8-15(18)13-20-17/h8-9,13-14,16,19H,5-7,10-12H2,1-4H3. The van der Waals surface area contributed by atoms with E-state index in [4.69, 9.17) is 0 Å². The van der Waals surface area contributed by atoms with Crippen LogP contribution < -0.4 is 5.32 Å². The molecule has 0 amide bonds. The molecule has 0 aromatic carbocycles. The molecule has 1 unspecified atom stereocenters. The number of hydrogen-bond donors (Lipinski definition) is 1. The largest absolute Gasteiger partial charge is 0.312 e. The van der Waals surface area contributed by atoms with E-state index in [1.807, 2.05) is 7.05 Å². The van der Waals surface area contributed by atoms with Crippen LogP contribution in [0.2, 0.25) is 0 Å². The first-order valence-corrected chi connectivity index (χ1v) is 8.11. The SMILES string of the molecule is CCCCCN(CCC(NC)c1ccc(F)cn1)C(C)C. The molecule has 0 spiro atoms. The number of aromatic nitrogens is 1. The molecular formula is C17H30FN3. The third kappa shape index (κ3) is 6.53. The smallest absolute Gasteiger partial charge is 0.141 e. The zero-order valence-corrected chi connectivity index (χ0v) is 13.9. The summed E-state index contributed by atoms with van der Waals surface area (Å²) in [6.45, 7) is 8.91. The summed E-state index contributed by atoms with van der Waals surface area (Å²) < 4.78 is 13.0. The van der Waals surface area contributed by atoms with Crippen LogP contribution in [0.5, 0.6) is 0 Å². The number of nitrogens with one attached hydrogen (secondary N) is 1. The van der Waals surface area contributed by atoms with E-state index < -0.39 is 0 Å². The third-order valence-corrected chi connectivity index (χ3v) is 3.94. The van der Waals surface area contributed by atoms with Crippen LogP contribution >= 0.6 is 0 Å². The second-order valence-electron chi connectivity index (χ2n) is 5.87. The quantitative estimate of drug-likeness (QED) is 0.666. The zero-order chi connectivity index (χ0) is 15.7. The van der Waals surface area contributed by atoms with E-state index in [0.717, 1.165) is 25.2 Å². The second kappa shape index (κ2) is 9.85. The lowest BCUT2D eigenvalue weighted by molar-refractivity contribution is 0.206. The predicted octanol–water partition coefficient (Wildman–Crippen LogP) is 3.77. The lowest BCUT2D eigenvalue weighted by Crippen LogP contribution is -2.35. The Morgan fingerprint density at radius 3 is 2.52 bits per heavy atom. The van der Waals surface area contributed by atoms with Crippen LogP contribution in [0.15, 0.2) is 18.3 Å². The van der Waals surface area contributed by atoms with Gasteiger partial charge in [0, 0.05) is 12.6 Å². The van der Waals surface area contributed by atoms with Gasteiger partial charge in [0.2, 0.25) is 0 Å². The van der Waals surface area contributed by atoms with Crippen molar-refractivity contribution < 1.29 is 4.39 Å². The molecule has 1 rings (SSSR count). The summed E-state index contributed by atoms with van der Waals surface area (Å²) in [5, 5.41) is 3.29. The highest BCUT2D eigenvalue weighted by Crippen LogP contribution is 2.16. The molecule has 0 saturated carbocycles. The highest BCUT2D eigenvalue weighted by molar-refractivity contribution is 5.09. The minimum Gasteiger partial charge on any atom is -0.312 e. The van der Waals surface area contributed by atoms with Crippen LogP contribution in [0, 0.1) is 5.82 Å². The molecule has 1 aromatic heterocycles. The Morgan fingerprint density at radius 2 is 2.00 bits per heavy atom. The molecule has 3 nitrogen and oxygen atoms in total. The highest BCUT2D eigenvalue weighted by Gasteiger charge is 2.15. The average molecular weight is 295 g/mol. The monoisotopic (exact) mass is 295 g/mol. The predicted molar refractivity (Wildman–Crippen MR) is 86.8 cm³/mol. The molecule has 1 aromatic rings. The first kappa shape index (κ1) is 18.1. The van der Waals surface area contributed by atoms with Crippen molar-refractivity contribution in [2.75, 3.05) is 20.1 Å². The van der Waals surface area contributed by atoms with Crippen LogP contribution in [-0.2, 0) is 0 Å². The van der Waals surface area contributed by atoms with Crippen molar-refractivity contribution in [3.63, 3.8) is 0 Å². The third-order valence-electron chi connectivity index (χ3n) is 3.94. The van der Waals surface area contributed by atoms with Gasteiger partial charge in [-0.2, -0.15) is 0 Å². The van der Waals surface area contributed by atoms with E-state index in [9.17, 15) is 4.39 Å². The maximum Gasteiger partial charge on any atom is 0.141 e. The first-order chi connectivity index (χ1) is 10.1. The van der Waals surface area contributed by atoms with Gasteiger partial charge in [0.1, 0.15) is 5.82 Å². The van der Waals surface area contributed by atoms with Gasteiger partial charge in [0.25, 0.3) is 0 Å². The van der Waals surface area contributed by atoms with E-state index in [2.05, 4.69) is 36.0 Å². The fourth-order valence-corrected chi connectivity index (χ4v) is 2.52. The molecule has 0 fully saturated rings. The van der Waals surface area contributed by atoms with Gasteiger partial charge in [-0.25, -0.2) is 4.39 Å². The van der Waals surface area contributed by atoms with Crippen LogP contribution in [-0.4, -0.2) is 36.1 Å². The molecule has 1 N–H and O–H groups in total. The van der Waals surface area contributed by atoms with Crippen LogP contribution in [0.1, 0.15) is 58.2 Å². The normalized spacial score (nSPS) is 13.1. The number of nitrogens with zero attached hydrogens (tertiary/aromatic N) is 2. The van der Waals surface area contributed by atoms with Gasteiger partial charge >= 0.3 is 0 Å². The summed E-state index contributed by atoms with van der Waals surface area (Å²) >= 11 is 0. The molecule has 21 heavy (non-hydrogen) atoms. The van der Waals surface area contributed by atoms with Crippen molar-refractivity contribution in [1.82, 2.24) is 15.2 Å². The maximum atomic E-state index is 13.0.